The maximum atomic E-state index is 13.8. The number of benzene rings is 1. The van der Waals surface area contributed by atoms with Crippen molar-refractivity contribution in [1.82, 2.24) is 5.32 Å². The molecule has 0 aromatic heterocycles. The topological polar surface area (TPSA) is 12.0 Å². The van der Waals surface area contributed by atoms with E-state index in [9.17, 15) is 13.2 Å². The molecule has 1 atom stereocenters. The van der Waals surface area contributed by atoms with E-state index >= 15 is 0 Å². The summed E-state index contributed by atoms with van der Waals surface area (Å²) < 4.78 is 40.1. The summed E-state index contributed by atoms with van der Waals surface area (Å²) in [4.78, 5) is 0. The largest absolute Gasteiger partial charge is 0.310 e. The number of hydrogen-bond donors (Lipinski definition) is 1. The maximum Gasteiger partial charge on any atom is 0.194 e. The van der Waals surface area contributed by atoms with Crippen molar-refractivity contribution in [1.29, 1.82) is 0 Å². The molecule has 1 rings (SSSR count). The molecule has 0 aliphatic rings. The number of rotatable bonds is 7. The van der Waals surface area contributed by atoms with Gasteiger partial charge < -0.3 is 5.32 Å². The molecule has 4 heteroatoms. The first-order valence-corrected chi connectivity index (χ1v) is 6.84. The first-order valence-electron chi connectivity index (χ1n) is 6.84. The third-order valence-corrected chi connectivity index (χ3v) is 3.11. The Kier molecular flexibility index (Phi) is 6.35. The van der Waals surface area contributed by atoms with E-state index in [1.54, 1.807) is 0 Å². The molecule has 1 unspecified atom stereocenters. The van der Waals surface area contributed by atoms with Crippen LogP contribution in [0.25, 0.3) is 0 Å². The number of hydrogen-bond acceptors (Lipinski definition) is 1. The van der Waals surface area contributed by atoms with Crippen LogP contribution in [0.15, 0.2) is 12.1 Å². The van der Waals surface area contributed by atoms with Gasteiger partial charge in [-0.2, -0.15) is 0 Å². The van der Waals surface area contributed by atoms with Crippen LogP contribution in [0.3, 0.4) is 0 Å². The second-order valence-corrected chi connectivity index (χ2v) is 5.24. The fraction of sp³-hybridized carbons (Fsp3) is 0.600. The average molecular weight is 273 g/mol. The van der Waals surface area contributed by atoms with Gasteiger partial charge in [-0.05, 0) is 37.8 Å². The van der Waals surface area contributed by atoms with Crippen molar-refractivity contribution in [3.05, 3.63) is 35.1 Å². The summed E-state index contributed by atoms with van der Waals surface area (Å²) in [5, 5.41) is 3.20. The van der Waals surface area contributed by atoms with Crippen molar-refractivity contribution in [2.45, 2.75) is 46.1 Å². The lowest BCUT2D eigenvalue weighted by Crippen LogP contribution is -2.24. The third-order valence-electron chi connectivity index (χ3n) is 3.11. The molecular weight excluding hydrogens is 251 g/mol. The standard InChI is InChI=1S/C15H22F3N/c1-4-9-19-13(8-5-10(2)3)11-6-7-12(16)15(18)14(11)17/h6-7,10,13,19H,4-5,8-9H2,1-3H3. The molecule has 0 saturated heterocycles. The molecule has 0 spiro atoms. The summed E-state index contributed by atoms with van der Waals surface area (Å²) in [5.41, 5.74) is 0.216. The summed E-state index contributed by atoms with van der Waals surface area (Å²) in [7, 11) is 0. The van der Waals surface area contributed by atoms with Crippen molar-refractivity contribution in [3.63, 3.8) is 0 Å². The van der Waals surface area contributed by atoms with Crippen molar-refractivity contribution in [2.75, 3.05) is 6.54 Å². The normalized spacial score (nSPS) is 13.0. The predicted molar refractivity (Wildman–Crippen MR) is 71.4 cm³/mol. The molecule has 0 aliphatic heterocycles. The Morgan fingerprint density at radius 2 is 1.74 bits per heavy atom. The third kappa shape index (κ3) is 4.53. The zero-order valence-corrected chi connectivity index (χ0v) is 11.8. The molecule has 19 heavy (non-hydrogen) atoms. The van der Waals surface area contributed by atoms with Gasteiger partial charge in [-0.3, -0.25) is 0 Å². The maximum absolute atomic E-state index is 13.8. The Hall–Kier alpha value is -1.03. The van der Waals surface area contributed by atoms with Crippen LogP contribution in [0.2, 0.25) is 0 Å². The Bertz CT molecular complexity index is 405. The van der Waals surface area contributed by atoms with Crippen LogP contribution in [-0.4, -0.2) is 6.54 Å². The highest BCUT2D eigenvalue weighted by molar-refractivity contribution is 5.23. The molecule has 1 N–H and O–H groups in total. The molecule has 0 fully saturated rings. The van der Waals surface area contributed by atoms with Crippen LogP contribution in [0, 0.1) is 23.4 Å². The van der Waals surface area contributed by atoms with E-state index in [1.807, 2.05) is 6.92 Å². The zero-order chi connectivity index (χ0) is 14.4. The van der Waals surface area contributed by atoms with E-state index < -0.39 is 17.5 Å². The van der Waals surface area contributed by atoms with Gasteiger partial charge in [0.15, 0.2) is 17.5 Å². The van der Waals surface area contributed by atoms with Crippen LogP contribution < -0.4 is 5.32 Å². The van der Waals surface area contributed by atoms with Crippen LogP contribution in [0.4, 0.5) is 13.2 Å². The van der Waals surface area contributed by atoms with Crippen molar-refractivity contribution in [3.8, 4) is 0 Å². The van der Waals surface area contributed by atoms with Crippen molar-refractivity contribution in [2.24, 2.45) is 5.92 Å². The number of nitrogens with one attached hydrogen (secondary N) is 1. The second-order valence-electron chi connectivity index (χ2n) is 5.24. The molecular formula is C15H22F3N. The van der Waals surface area contributed by atoms with Gasteiger partial charge in [-0.15, -0.1) is 0 Å². The van der Waals surface area contributed by atoms with Crippen LogP contribution in [0.1, 0.15) is 51.6 Å². The minimum Gasteiger partial charge on any atom is -0.310 e. The smallest absolute Gasteiger partial charge is 0.194 e. The molecule has 1 aromatic rings. The molecule has 0 radical (unpaired) electrons. The summed E-state index contributed by atoms with van der Waals surface area (Å²) in [6.45, 7) is 6.90. The number of halogens is 3. The van der Waals surface area contributed by atoms with Gasteiger partial charge in [0.2, 0.25) is 0 Å². The lowest BCUT2D eigenvalue weighted by molar-refractivity contribution is 0.400. The molecule has 0 amide bonds. The van der Waals surface area contributed by atoms with E-state index in [4.69, 9.17) is 0 Å². The SMILES string of the molecule is CCCNC(CCC(C)C)c1ccc(F)c(F)c1F. The Morgan fingerprint density at radius 1 is 1.05 bits per heavy atom. The minimum absolute atomic E-state index is 0.216. The monoisotopic (exact) mass is 273 g/mol. The Balaban J connectivity index is 2.92. The molecule has 1 nitrogen and oxygen atoms in total. The highest BCUT2D eigenvalue weighted by Gasteiger charge is 2.20. The highest BCUT2D eigenvalue weighted by Crippen LogP contribution is 2.26. The van der Waals surface area contributed by atoms with Gasteiger partial charge in [0, 0.05) is 11.6 Å². The molecule has 0 bridgehead atoms. The first-order chi connectivity index (χ1) is 8.97. The van der Waals surface area contributed by atoms with Crippen molar-refractivity contribution >= 4 is 0 Å². The van der Waals surface area contributed by atoms with E-state index in [0.29, 0.717) is 12.3 Å². The van der Waals surface area contributed by atoms with Crippen LogP contribution in [0.5, 0.6) is 0 Å². The first kappa shape index (κ1) is 16.0. The van der Waals surface area contributed by atoms with E-state index in [1.165, 1.54) is 6.07 Å². The minimum atomic E-state index is -1.38. The second kappa shape index (κ2) is 7.53. The van der Waals surface area contributed by atoms with Gasteiger partial charge in [-0.1, -0.05) is 26.8 Å². The fourth-order valence-electron chi connectivity index (χ4n) is 2.00. The van der Waals surface area contributed by atoms with Crippen molar-refractivity contribution < 1.29 is 13.2 Å². The molecule has 108 valence electrons. The molecule has 0 aliphatic carbocycles. The summed E-state index contributed by atoms with van der Waals surface area (Å²) >= 11 is 0. The van der Waals surface area contributed by atoms with Gasteiger partial charge in [0.05, 0.1) is 0 Å². The molecule has 0 heterocycles. The quantitative estimate of drug-likeness (QED) is 0.717. The summed E-state index contributed by atoms with van der Waals surface area (Å²) in [6, 6.07) is 2.06. The zero-order valence-electron chi connectivity index (χ0n) is 11.8. The Labute approximate surface area is 113 Å². The molecule has 1 aromatic carbocycles. The van der Waals surface area contributed by atoms with Gasteiger partial charge >= 0.3 is 0 Å². The van der Waals surface area contributed by atoms with Gasteiger partial charge in [0.25, 0.3) is 0 Å². The highest BCUT2D eigenvalue weighted by atomic mass is 19.2. The van der Waals surface area contributed by atoms with Gasteiger partial charge in [-0.25, -0.2) is 13.2 Å². The van der Waals surface area contributed by atoms with Gasteiger partial charge in [0.1, 0.15) is 0 Å². The fourth-order valence-corrected chi connectivity index (χ4v) is 2.00. The predicted octanol–water partition coefficient (Wildman–Crippen LogP) is 4.58. The Morgan fingerprint density at radius 3 is 2.32 bits per heavy atom. The lowest BCUT2D eigenvalue weighted by Gasteiger charge is -2.21. The van der Waals surface area contributed by atoms with E-state index in [-0.39, 0.29) is 11.6 Å². The average Bonchev–Trinajstić information content (AvgIpc) is 2.37. The summed E-state index contributed by atoms with van der Waals surface area (Å²) in [5.74, 6) is -3.11. The van der Waals surface area contributed by atoms with Crippen LogP contribution in [-0.2, 0) is 0 Å². The van der Waals surface area contributed by atoms with E-state index in [2.05, 4.69) is 19.2 Å². The van der Waals surface area contributed by atoms with Crippen LogP contribution >= 0.6 is 0 Å². The van der Waals surface area contributed by atoms with E-state index in [0.717, 1.165) is 25.5 Å². The summed E-state index contributed by atoms with van der Waals surface area (Å²) in [6.07, 6.45) is 2.52. The molecule has 0 saturated carbocycles. The lowest BCUT2D eigenvalue weighted by atomic mass is 9.97.